The highest BCUT2D eigenvalue weighted by molar-refractivity contribution is 6.36. The number of imide groups is 1. The molecule has 0 spiro atoms. The molecule has 0 aromatic heterocycles. The van der Waals surface area contributed by atoms with Crippen molar-refractivity contribution in [1.29, 1.82) is 0 Å². The van der Waals surface area contributed by atoms with Crippen LogP contribution in [0.2, 0.25) is 0 Å². The van der Waals surface area contributed by atoms with Gasteiger partial charge in [-0.25, -0.2) is 0 Å². The van der Waals surface area contributed by atoms with E-state index >= 15 is 0 Å². The zero-order valence-corrected chi connectivity index (χ0v) is 16.6. The average Bonchev–Trinajstić information content (AvgIpc) is 2.96. The molecule has 7 heteroatoms. The van der Waals surface area contributed by atoms with E-state index in [9.17, 15) is 14.4 Å². The third-order valence-electron chi connectivity index (χ3n) is 4.64. The highest BCUT2D eigenvalue weighted by Crippen LogP contribution is 2.33. The number of methoxy groups -OCH3 is 1. The lowest BCUT2D eigenvalue weighted by atomic mass is 10.0. The number of rotatable bonds is 7. The molecule has 1 heterocycles. The molecule has 3 amide bonds. The smallest absolute Gasteiger partial charge is 0.278 e. The van der Waals surface area contributed by atoms with Crippen LogP contribution in [0.5, 0.6) is 0 Å². The van der Waals surface area contributed by atoms with Crippen LogP contribution in [-0.4, -0.2) is 49.9 Å². The van der Waals surface area contributed by atoms with Crippen LogP contribution >= 0.6 is 0 Å². The molecule has 0 fully saturated rings. The first kappa shape index (κ1) is 20.3. The van der Waals surface area contributed by atoms with Gasteiger partial charge < -0.3 is 15.0 Å². The summed E-state index contributed by atoms with van der Waals surface area (Å²) in [7, 11) is 3.29. The second kappa shape index (κ2) is 8.70. The lowest BCUT2D eigenvalue weighted by molar-refractivity contribution is -0.137. The Morgan fingerprint density at radius 2 is 1.69 bits per heavy atom. The topological polar surface area (TPSA) is 79.0 Å². The molecule has 0 radical (unpaired) electrons. The Labute approximate surface area is 169 Å². The van der Waals surface area contributed by atoms with Crippen LogP contribution in [-0.2, 0) is 19.1 Å². The minimum atomic E-state index is -0.364. The number of carbonyl (C=O) groups excluding carboxylic acids is 3. The first-order chi connectivity index (χ1) is 13.9. The fourth-order valence-corrected chi connectivity index (χ4v) is 3.22. The molecule has 1 aliphatic rings. The van der Waals surface area contributed by atoms with Crippen LogP contribution in [0.1, 0.15) is 12.5 Å². The lowest BCUT2D eigenvalue weighted by Crippen LogP contribution is -2.36. The summed E-state index contributed by atoms with van der Waals surface area (Å²) >= 11 is 0. The number of nitrogens with one attached hydrogen (secondary N) is 1. The molecule has 0 atom stereocenters. The zero-order valence-electron chi connectivity index (χ0n) is 16.6. The molecule has 0 unspecified atom stereocenters. The van der Waals surface area contributed by atoms with Crippen molar-refractivity contribution in [3.63, 3.8) is 0 Å². The van der Waals surface area contributed by atoms with Gasteiger partial charge in [-0.05, 0) is 29.8 Å². The zero-order chi connectivity index (χ0) is 21.0. The Morgan fingerprint density at radius 1 is 1.03 bits per heavy atom. The summed E-state index contributed by atoms with van der Waals surface area (Å²) in [5, 5.41) is 2.69. The van der Waals surface area contributed by atoms with Crippen LogP contribution in [0.4, 0.5) is 11.4 Å². The van der Waals surface area contributed by atoms with Crippen molar-refractivity contribution in [2.75, 3.05) is 37.5 Å². The van der Waals surface area contributed by atoms with Gasteiger partial charge in [0.2, 0.25) is 5.91 Å². The number of amides is 3. The summed E-state index contributed by atoms with van der Waals surface area (Å²) in [6, 6.07) is 16.3. The molecule has 2 aromatic rings. The van der Waals surface area contributed by atoms with Crippen molar-refractivity contribution in [3.05, 3.63) is 65.9 Å². The summed E-state index contributed by atoms with van der Waals surface area (Å²) < 4.78 is 5.06. The van der Waals surface area contributed by atoms with E-state index in [-0.39, 0.29) is 30.9 Å². The molecule has 150 valence electrons. The number of likely N-dealkylation sites (N-methyl/N-ethyl adjacent to an activating group) is 1. The van der Waals surface area contributed by atoms with Crippen molar-refractivity contribution >= 4 is 34.7 Å². The van der Waals surface area contributed by atoms with Gasteiger partial charge in [-0.1, -0.05) is 30.3 Å². The molecule has 1 aliphatic heterocycles. The number of hydrogen-bond acceptors (Lipinski definition) is 5. The summed E-state index contributed by atoms with van der Waals surface area (Å²) in [5.41, 5.74) is 2.66. The maximum atomic E-state index is 13.1. The number of nitrogens with zero attached hydrogens (tertiary/aromatic N) is 2. The van der Waals surface area contributed by atoms with Crippen molar-refractivity contribution in [2.24, 2.45) is 0 Å². The van der Waals surface area contributed by atoms with Gasteiger partial charge in [-0.15, -0.1) is 0 Å². The minimum Gasteiger partial charge on any atom is -0.383 e. The third kappa shape index (κ3) is 4.20. The predicted octanol–water partition coefficient (Wildman–Crippen LogP) is 2.51. The third-order valence-corrected chi connectivity index (χ3v) is 4.64. The highest BCUT2D eigenvalue weighted by atomic mass is 16.5. The van der Waals surface area contributed by atoms with E-state index in [4.69, 9.17) is 4.74 Å². The molecule has 29 heavy (non-hydrogen) atoms. The first-order valence-electron chi connectivity index (χ1n) is 9.20. The summed E-state index contributed by atoms with van der Waals surface area (Å²) in [4.78, 5) is 40.4. The Kier molecular flexibility index (Phi) is 6.09. The second-order valence-electron chi connectivity index (χ2n) is 6.63. The highest BCUT2D eigenvalue weighted by Gasteiger charge is 2.40. The van der Waals surface area contributed by atoms with E-state index in [2.05, 4.69) is 5.32 Å². The summed E-state index contributed by atoms with van der Waals surface area (Å²) in [6.45, 7) is 1.86. The molecule has 0 bridgehead atoms. The van der Waals surface area contributed by atoms with Gasteiger partial charge in [0.1, 0.15) is 5.70 Å². The Hall–Kier alpha value is -3.45. The Bertz CT molecular complexity index is 952. The number of anilines is 2. The van der Waals surface area contributed by atoms with E-state index in [1.54, 1.807) is 36.2 Å². The monoisotopic (exact) mass is 393 g/mol. The Balaban J connectivity index is 2.05. The maximum absolute atomic E-state index is 13.1. The van der Waals surface area contributed by atoms with E-state index < -0.39 is 0 Å². The van der Waals surface area contributed by atoms with Gasteiger partial charge in [0.25, 0.3) is 11.8 Å². The molecule has 0 saturated carbocycles. The lowest BCUT2D eigenvalue weighted by Gasteiger charge is -2.21. The van der Waals surface area contributed by atoms with E-state index in [0.29, 0.717) is 22.5 Å². The van der Waals surface area contributed by atoms with Crippen LogP contribution in [0.15, 0.2) is 60.3 Å². The fraction of sp³-hybridized carbons (Fsp3) is 0.227. The van der Waals surface area contributed by atoms with Crippen LogP contribution in [0.25, 0.3) is 5.57 Å². The molecule has 0 saturated heterocycles. The normalized spacial score (nSPS) is 13.8. The van der Waals surface area contributed by atoms with E-state index in [1.165, 1.54) is 18.9 Å². The number of para-hydroxylation sites is 1. The molecule has 2 aromatic carbocycles. The number of carbonyl (C=O) groups is 3. The second-order valence-corrected chi connectivity index (χ2v) is 6.63. The summed E-state index contributed by atoms with van der Waals surface area (Å²) in [5.74, 6) is -0.907. The number of benzene rings is 2. The van der Waals surface area contributed by atoms with Gasteiger partial charge in [-0.2, -0.15) is 0 Å². The maximum Gasteiger partial charge on any atom is 0.278 e. The quantitative estimate of drug-likeness (QED) is 0.732. The van der Waals surface area contributed by atoms with Crippen molar-refractivity contribution < 1.29 is 19.1 Å². The van der Waals surface area contributed by atoms with Crippen molar-refractivity contribution in [1.82, 2.24) is 4.90 Å². The van der Waals surface area contributed by atoms with Gasteiger partial charge in [0, 0.05) is 32.5 Å². The molecular formula is C22H23N3O4. The van der Waals surface area contributed by atoms with Gasteiger partial charge in [0.05, 0.1) is 18.7 Å². The van der Waals surface area contributed by atoms with Crippen LogP contribution < -0.4 is 10.2 Å². The van der Waals surface area contributed by atoms with E-state index in [0.717, 1.165) is 5.69 Å². The van der Waals surface area contributed by atoms with E-state index in [1.807, 2.05) is 30.3 Å². The summed E-state index contributed by atoms with van der Waals surface area (Å²) in [6.07, 6.45) is 0. The number of ether oxygens (including phenoxy) is 1. The minimum absolute atomic E-state index is 0.174. The van der Waals surface area contributed by atoms with Gasteiger partial charge >= 0.3 is 0 Å². The molecule has 7 nitrogen and oxygen atoms in total. The van der Waals surface area contributed by atoms with Gasteiger partial charge in [-0.3, -0.25) is 19.3 Å². The average molecular weight is 393 g/mol. The Morgan fingerprint density at radius 3 is 2.28 bits per heavy atom. The molecular weight excluding hydrogens is 370 g/mol. The van der Waals surface area contributed by atoms with Crippen LogP contribution in [0.3, 0.4) is 0 Å². The largest absolute Gasteiger partial charge is 0.383 e. The van der Waals surface area contributed by atoms with Gasteiger partial charge in [0.15, 0.2) is 0 Å². The molecule has 1 N–H and O–H groups in total. The predicted molar refractivity (Wildman–Crippen MR) is 111 cm³/mol. The SMILES string of the molecule is COCCN1C(=O)C(c2ccc(NC(C)=O)cc2)=C(N(C)c2ccccc2)C1=O. The van der Waals surface area contributed by atoms with Crippen molar-refractivity contribution in [3.8, 4) is 0 Å². The van der Waals surface area contributed by atoms with Crippen LogP contribution in [0, 0.1) is 0 Å². The number of hydrogen-bond donors (Lipinski definition) is 1. The fourth-order valence-electron chi connectivity index (χ4n) is 3.22. The molecule has 0 aliphatic carbocycles. The first-order valence-corrected chi connectivity index (χ1v) is 9.20. The standard InChI is InChI=1S/C22H23N3O4/c1-15(26)23-17-11-9-16(10-12-17)19-20(24(2)18-7-5-4-6-8-18)22(28)25(21(19)27)13-14-29-3/h4-12H,13-14H2,1-3H3,(H,23,26). The molecule has 3 rings (SSSR count). The van der Waals surface area contributed by atoms with Crippen molar-refractivity contribution in [2.45, 2.75) is 6.92 Å².